The second kappa shape index (κ2) is 6.19. The normalized spacial score (nSPS) is 18.0. The molecule has 0 radical (unpaired) electrons. The van der Waals surface area contributed by atoms with E-state index in [0.717, 1.165) is 27.8 Å². The number of carbonyl (C=O) groups is 1. The third-order valence-corrected chi connectivity index (χ3v) is 4.30. The maximum absolute atomic E-state index is 12.0. The molecule has 2 aromatic carbocycles. The van der Waals surface area contributed by atoms with Crippen LogP contribution < -0.4 is 15.6 Å². The van der Waals surface area contributed by atoms with Crippen LogP contribution in [0.3, 0.4) is 0 Å². The van der Waals surface area contributed by atoms with Crippen molar-refractivity contribution >= 4 is 22.8 Å². The van der Waals surface area contributed by atoms with E-state index in [-0.39, 0.29) is 5.91 Å². The molecular weight excluding hydrogens is 300 g/mol. The lowest BCUT2D eigenvalue weighted by molar-refractivity contribution is -0.125. The van der Waals surface area contributed by atoms with E-state index in [9.17, 15) is 4.79 Å². The maximum Gasteiger partial charge on any atom is 0.249 e. The van der Waals surface area contributed by atoms with Gasteiger partial charge in [0.25, 0.3) is 0 Å². The van der Waals surface area contributed by atoms with Crippen molar-refractivity contribution in [2.24, 2.45) is 11.3 Å². The lowest BCUT2D eigenvalue weighted by Crippen LogP contribution is -2.28. The summed E-state index contributed by atoms with van der Waals surface area (Å²) in [6.45, 7) is 8.77. The van der Waals surface area contributed by atoms with Crippen molar-refractivity contribution in [1.29, 1.82) is 0 Å². The van der Waals surface area contributed by atoms with Crippen molar-refractivity contribution in [2.75, 3.05) is 6.61 Å². The number of amides is 1. The quantitative estimate of drug-likeness (QED) is 0.897. The van der Waals surface area contributed by atoms with Crippen LogP contribution in [0.15, 0.2) is 42.1 Å². The van der Waals surface area contributed by atoms with E-state index in [4.69, 9.17) is 4.74 Å². The predicted octanol–water partition coefficient (Wildman–Crippen LogP) is 3.88. The summed E-state index contributed by atoms with van der Waals surface area (Å²) in [6, 6.07) is 12.3. The van der Waals surface area contributed by atoms with Gasteiger partial charge in [-0.25, -0.2) is 0 Å². The summed E-state index contributed by atoms with van der Waals surface area (Å²) in [5.41, 5.74) is 7.02. The van der Waals surface area contributed by atoms with Crippen LogP contribution in [0.25, 0.3) is 16.8 Å². The highest BCUT2D eigenvalue weighted by Crippen LogP contribution is 2.33. The first-order valence-corrected chi connectivity index (χ1v) is 8.32. The molecule has 1 saturated heterocycles. The number of fused-ring (bicyclic) bond motifs is 1. The highest BCUT2D eigenvalue weighted by Gasteiger charge is 2.37. The van der Waals surface area contributed by atoms with Crippen molar-refractivity contribution in [2.45, 2.75) is 27.7 Å². The number of nitrogens with one attached hydrogen (secondary N) is 2. The third-order valence-electron chi connectivity index (χ3n) is 4.30. The van der Waals surface area contributed by atoms with Gasteiger partial charge >= 0.3 is 0 Å². The standard InChI is InChI=1S/C20H24N2O2/c1-13(2)12-24-16-9-14-7-5-6-8-17(14)15(10-16)11-18-20(3,4)19(23)22-21-18/h5-11,13,21H,12H2,1-4H3,(H,22,23)/b18-11-. The van der Waals surface area contributed by atoms with Crippen LogP contribution in [0.1, 0.15) is 33.3 Å². The van der Waals surface area contributed by atoms with Gasteiger partial charge in [-0.3, -0.25) is 10.2 Å². The van der Waals surface area contributed by atoms with Gasteiger partial charge in [0.2, 0.25) is 5.91 Å². The van der Waals surface area contributed by atoms with Crippen molar-refractivity contribution in [3.05, 3.63) is 47.7 Å². The first-order valence-electron chi connectivity index (χ1n) is 8.32. The van der Waals surface area contributed by atoms with E-state index >= 15 is 0 Å². The van der Waals surface area contributed by atoms with Crippen LogP contribution in [0.5, 0.6) is 5.75 Å². The van der Waals surface area contributed by atoms with Crippen molar-refractivity contribution in [3.8, 4) is 5.75 Å². The molecule has 0 bridgehead atoms. The zero-order valence-electron chi connectivity index (χ0n) is 14.6. The number of rotatable bonds is 4. The zero-order chi connectivity index (χ0) is 17.3. The van der Waals surface area contributed by atoms with Crippen LogP contribution >= 0.6 is 0 Å². The molecule has 0 unspecified atom stereocenters. The monoisotopic (exact) mass is 324 g/mol. The zero-order valence-corrected chi connectivity index (χ0v) is 14.6. The van der Waals surface area contributed by atoms with E-state index in [1.54, 1.807) is 0 Å². The van der Waals surface area contributed by atoms with E-state index < -0.39 is 5.41 Å². The fourth-order valence-electron chi connectivity index (χ4n) is 2.71. The smallest absolute Gasteiger partial charge is 0.249 e. The van der Waals surface area contributed by atoms with Crippen molar-refractivity contribution in [1.82, 2.24) is 10.9 Å². The molecule has 0 aromatic heterocycles. The van der Waals surface area contributed by atoms with Gasteiger partial charge in [-0.2, -0.15) is 0 Å². The van der Waals surface area contributed by atoms with E-state index in [2.05, 4.69) is 42.9 Å². The minimum atomic E-state index is -0.574. The van der Waals surface area contributed by atoms with Gasteiger partial charge in [0.05, 0.1) is 12.0 Å². The predicted molar refractivity (Wildman–Crippen MR) is 97.3 cm³/mol. The molecule has 1 aliphatic heterocycles. The van der Waals surface area contributed by atoms with E-state index in [1.165, 1.54) is 0 Å². The van der Waals surface area contributed by atoms with Crippen molar-refractivity contribution < 1.29 is 9.53 Å². The minimum Gasteiger partial charge on any atom is -0.493 e. The topological polar surface area (TPSA) is 50.4 Å². The molecule has 0 saturated carbocycles. The summed E-state index contributed by atoms with van der Waals surface area (Å²) in [4.78, 5) is 12.0. The van der Waals surface area contributed by atoms with Gasteiger partial charge in [0.15, 0.2) is 0 Å². The van der Waals surface area contributed by atoms with Gasteiger partial charge in [0.1, 0.15) is 5.75 Å². The summed E-state index contributed by atoms with van der Waals surface area (Å²) >= 11 is 0. The van der Waals surface area contributed by atoms with Crippen molar-refractivity contribution in [3.63, 3.8) is 0 Å². The maximum atomic E-state index is 12.0. The van der Waals surface area contributed by atoms with Crippen LogP contribution in [0.2, 0.25) is 0 Å². The van der Waals surface area contributed by atoms with Crippen LogP contribution in [-0.4, -0.2) is 12.5 Å². The molecule has 1 aliphatic rings. The average molecular weight is 324 g/mol. The molecule has 0 atom stereocenters. The Kier molecular flexibility index (Phi) is 4.22. The first kappa shape index (κ1) is 16.4. The van der Waals surface area contributed by atoms with Gasteiger partial charge < -0.3 is 10.2 Å². The Labute approximate surface area is 142 Å². The Hall–Kier alpha value is -2.49. The number of benzene rings is 2. The number of ether oxygens (including phenoxy) is 1. The lowest BCUT2D eigenvalue weighted by atomic mass is 9.88. The Morgan fingerprint density at radius 2 is 1.92 bits per heavy atom. The molecule has 3 rings (SSSR count). The number of carbonyl (C=O) groups excluding carboxylic acids is 1. The largest absolute Gasteiger partial charge is 0.493 e. The summed E-state index contributed by atoms with van der Waals surface area (Å²) in [6.07, 6.45) is 2.03. The number of hydrogen-bond acceptors (Lipinski definition) is 3. The second-order valence-electron chi connectivity index (χ2n) is 7.20. The fraction of sp³-hybridized carbons (Fsp3) is 0.350. The van der Waals surface area contributed by atoms with Crippen LogP contribution in [0, 0.1) is 11.3 Å². The average Bonchev–Trinajstić information content (AvgIpc) is 2.79. The number of hydrogen-bond donors (Lipinski definition) is 2. The second-order valence-corrected chi connectivity index (χ2v) is 7.20. The molecule has 1 heterocycles. The molecule has 4 heteroatoms. The molecule has 4 nitrogen and oxygen atoms in total. The van der Waals surface area contributed by atoms with Gasteiger partial charge in [0, 0.05) is 5.70 Å². The first-order chi connectivity index (χ1) is 11.4. The van der Waals surface area contributed by atoms with Gasteiger partial charge in [-0.1, -0.05) is 38.1 Å². The summed E-state index contributed by atoms with van der Waals surface area (Å²) in [5, 5.41) is 2.26. The molecule has 126 valence electrons. The highest BCUT2D eigenvalue weighted by atomic mass is 16.5. The highest BCUT2D eigenvalue weighted by molar-refractivity contribution is 5.94. The molecule has 1 fully saturated rings. The van der Waals surface area contributed by atoms with Gasteiger partial charge in [-0.05, 0) is 54.3 Å². The third kappa shape index (κ3) is 3.09. The molecule has 2 aromatic rings. The van der Waals surface area contributed by atoms with Crippen LogP contribution in [-0.2, 0) is 4.79 Å². The summed E-state index contributed by atoms with van der Waals surface area (Å²) in [5.74, 6) is 1.30. The van der Waals surface area contributed by atoms with Crippen LogP contribution in [0.4, 0.5) is 0 Å². The fourth-order valence-corrected chi connectivity index (χ4v) is 2.71. The molecule has 1 amide bonds. The Morgan fingerprint density at radius 1 is 1.17 bits per heavy atom. The molecule has 2 N–H and O–H groups in total. The summed E-state index contributed by atoms with van der Waals surface area (Å²) in [7, 11) is 0. The lowest BCUT2D eigenvalue weighted by Gasteiger charge is -2.16. The Bertz CT molecular complexity index is 806. The molecule has 24 heavy (non-hydrogen) atoms. The molecule has 0 spiro atoms. The SMILES string of the molecule is CC(C)COc1cc(/C=C2\NNC(=O)C2(C)C)c2ccccc2c1. The van der Waals surface area contributed by atoms with E-state index in [1.807, 2.05) is 38.1 Å². The van der Waals surface area contributed by atoms with E-state index in [0.29, 0.717) is 12.5 Å². The van der Waals surface area contributed by atoms with Gasteiger partial charge in [-0.15, -0.1) is 0 Å². The number of hydrazine groups is 1. The molecular formula is C20H24N2O2. The minimum absolute atomic E-state index is 0.0229. The Morgan fingerprint density at radius 3 is 2.58 bits per heavy atom. The Balaban J connectivity index is 2.07. The molecule has 0 aliphatic carbocycles. The summed E-state index contributed by atoms with van der Waals surface area (Å²) < 4.78 is 5.92.